The first-order valence-corrected chi connectivity index (χ1v) is 22.3. The van der Waals surface area contributed by atoms with Crippen molar-refractivity contribution in [1.29, 1.82) is 0 Å². The monoisotopic (exact) mass is 961 g/mol. The Labute approximate surface area is 399 Å². The summed E-state index contributed by atoms with van der Waals surface area (Å²) in [5.41, 5.74) is 11.4. The molecule has 13 N–H and O–H groups in total. The van der Waals surface area contributed by atoms with Crippen molar-refractivity contribution in [3.05, 3.63) is 118 Å². The third kappa shape index (κ3) is 11.3. The van der Waals surface area contributed by atoms with Crippen molar-refractivity contribution in [2.24, 2.45) is 16.5 Å². The van der Waals surface area contributed by atoms with E-state index in [4.69, 9.17) is 20.9 Å². The first kappa shape index (κ1) is 49.2. The Bertz CT molecular complexity index is 2690. The number of nitrogens with zero attached hydrogens (tertiary/aromatic N) is 1. The topological polar surface area (TPSA) is 352 Å². The quantitative estimate of drug-likeness (QED) is 0.0353. The fourth-order valence-corrected chi connectivity index (χ4v) is 8.46. The SMILES string of the molecule is NC(N)=NCCC[C@@H]1NC(=O)[C@H](CCCCNC(=O)c2ccc3c(c2)C(=O)OC32c3ccc(O)cc3Oc3cc(O)ccc32)NC(=O)[C@@H](Cc2ccccc2)NC(=O)[C@H](CC(=O)O)NC(=O)CNC1=O. The summed E-state index contributed by atoms with van der Waals surface area (Å²) in [5, 5.41) is 45.4. The standard InChI is InChI=1S/C48H51N9O13/c49-47(50)52-18-6-10-33-42(64)53-24-39(60)54-36(23-40(61)62)45(67)57-35(19-25-7-2-1-3-8-25)44(66)56-34(43(65)55-33)9-4-5-17-51-41(63)26-11-14-30-29(20-26)46(68)70-48(30)31-15-12-27(58)21-37(31)69-38-22-28(59)13-16-32(38)48/h1-3,7-8,11-16,20-22,33-36,58-59H,4-6,9-10,17-19,23-24H2,(H,51,63)(H,53,64)(H,54,60)(H,55,65)(H,56,66)(H,57,67)(H,61,62)(H4,49,50,52)/t33-,34-,35+,36-/m0/s1. The summed E-state index contributed by atoms with van der Waals surface area (Å²) in [6.45, 7) is -0.519. The van der Waals surface area contributed by atoms with Gasteiger partial charge in [0.15, 0.2) is 11.6 Å². The molecule has 7 rings (SSSR count). The van der Waals surface area contributed by atoms with E-state index in [1.807, 2.05) is 0 Å². The smallest absolute Gasteiger partial charge is 0.340 e. The van der Waals surface area contributed by atoms with Gasteiger partial charge in [-0.1, -0.05) is 36.4 Å². The fraction of sp³-hybridized carbons (Fsp3) is 0.312. The number of hydrogen-bond donors (Lipinski definition) is 11. The maximum Gasteiger partial charge on any atom is 0.340 e. The maximum atomic E-state index is 14.1. The van der Waals surface area contributed by atoms with Gasteiger partial charge in [-0.3, -0.25) is 38.6 Å². The second kappa shape index (κ2) is 21.5. The summed E-state index contributed by atoms with van der Waals surface area (Å²) in [7, 11) is 0. The molecule has 1 saturated heterocycles. The number of guanidine groups is 1. The minimum atomic E-state index is -1.64. The van der Waals surface area contributed by atoms with Crippen LogP contribution in [0.25, 0.3) is 0 Å². The number of carbonyl (C=O) groups excluding carboxylic acids is 7. The molecule has 0 unspecified atom stereocenters. The highest BCUT2D eigenvalue weighted by Crippen LogP contribution is 2.57. The Balaban J connectivity index is 1.08. The van der Waals surface area contributed by atoms with Crippen LogP contribution in [0.1, 0.15) is 81.5 Å². The zero-order chi connectivity index (χ0) is 50.1. The number of hydrogen-bond acceptors (Lipinski definition) is 13. The number of unbranched alkanes of at least 4 members (excludes halogenated alkanes) is 1. The van der Waals surface area contributed by atoms with Crippen LogP contribution >= 0.6 is 0 Å². The molecule has 4 atom stereocenters. The van der Waals surface area contributed by atoms with Crippen LogP contribution in [0, 0.1) is 0 Å². The summed E-state index contributed by atoms with van der Waals surface area (Å²) in [4.78, 5) is 111. The van der Waals surface area contributed by atoms with E-state index >= 15 is 0 Å². The minimum Gasteiger partial charge on any atom is -0.508 e. The number of benzene rings is 4. The number of aliphatic imine (C=N–C) groups is 1. The Hall–Kier alpha value is -8.69. The van der Waals surface area contributed by atoms with Crippen molar-refractivity contribution in [3.8, 4) is 23.0 Å². The van der Waals surface area contributed by atoms with Crippen LogP contribution in [0.5, 0.6) is 23.0 Å². The van der Waals surface area contributed by atoms with Crippen molar-refractivity contribution in [3.63, 3.8) is 0 Å². The normalized spacial score (nSPS) is 19.7. The van der Waals surface area contributed by atoms with Crippen molar-refractivity contribution < 1.29 is 63.1 Å². The highest BCUT2D eigenvalue weighted by molar-refractivity contribution is 6.02. The van der Waals surface area contributed by atoms with Gasteiger partial charge in [-0.05, 0) is 74.1 Å². The molecule has 70 heavy (non-hydrogen) atoms. The number of phenols is 2. The molecule has 0 aromatic heterocycles. The molecule has 366 valence electrons. The first-order chi connectivity index (χ1) is 33.5. The molecular formula is C48H51N9O13. The number of fused-ring (bicyclic) bond motifs is 6. The van der Waals surface area contributed by atoms with Gasteiger partial charge in [0.05, 0.1) is 18.5 Å². The molecule has 3 aliphatic rings. The lowest BCUT2D eigenvalue weighted by Crippen LogP contribution is -2.58. The molecule has 0 bridgehead atoms. The molecule has 22 heteroatoms. The van der Waals surface area contributed by atoms with Gasteiger partial charge in [0, 0.05) is 53.9 Å². The van der Waals surface area contributed by atoms with Crippen molar-refractivity contribution in [1.82, 2.24) is 31.9 Å². The summed E-state index contributed by atoms with van der Waals surface area (Å²) >= 11 is 0. The lowest BCUT2D eigenvalue weighted by atomic mass is 9.77. The van der Waals surface area contributed by atoms with Gasteiger partial charge in [0.1, 0.15) is 47.2 Å². The number of aromatic hydroxyl groups is 2. The largest absolute Gasteiger partial charge is 0.508 e. The fourth-order valence-electron chi connectivity index (χ4n) is 8.46. The molecular weight excluding hydrogens is 911 g/mol. The van der Waals surface area contributed by atoms with Crippen molar-refractivity contribution >= 4 is 53.3 Å². The van der Waals surface area contributed by atoms with Gasteiger partial charge in [-0.25, -0.2) is 4.79 Å². The zero-order valence-corrected chi connectivity index (χ0v) is 37.5. The second-order valence-corrected chi connectivity index (χ2v) is 16.8. The summed E-state index contributed by atoms with van der Waals surface area (Å²) in [6, 6.07) is 16.2. The molecule has 0 saturated carbocycles. The Morgan fingerprint density at radius 2 is 1.30 bits per heavy atom. The van der Waals surface area contributed by atoms with Crippen LogP contribution in [-0.2, 0) is 45.5 Å². The summed E-state index contributed by atoms with van der Waals surface area (Å²) in [6.07, 6.45) is -0.281. The maximum absolute atomic E-state index is 14.1. The second-order valence-electron chi connectivity index (χ2n) is 16.8. The Kier molecular flexibility index (Phi) is 15.1. The lowest BCUT2D eigenvalue weighted by molar-refractivity contribution is -0.141. The number of amides is 6. The number of carbonyl (C=O) groups is 8. The van der Waals surface area contributed by atoms with Crippen molar-refractivity contribution in [2.75, 3.05) is 19.6 Å². The van der Waals surface area contributed by atoms with Gasteiger partial charge >= 0.3 is 11.9 Å². The average Bonchev–Trinajstić information content (AvgIpc) is 3.60. The van der Waals surface area contributed by atoms with Gasteiger partial charge in [-0.15, -0.1) is 0 Å². The van der Waals surface area contributed by atoms with E-state index in [2.05, 4.69) is 36.9 Å². The Morgan fingerprint density at radius 3 is 1.96 bits per heavy atom. The van der Waals surface area contributed by atoms with Gasteiger partial charge in [0.25, 0.3) is 5.91 Å². The highest BCUT2D eigenvalue weighted by atomic mass is 16.6. The van der Waals surface area contributed by atoms with Crippen LogP contribution in [0.15, 0.2) is 89.9 Å². The van der Waals surface area contributed by atoms with E-state index in [0.717, 1.165) is 0 Å². The van der Waals surface area contributed by atoms with E-state index < -0.39 is 90.1 Å². The van der Waals surface area contributed by atoms with E-state index in [9.17, 15) is 53.7 Å². The zero-order valence-electron chi connectivity index (χ0n) is 37.5. The number of nitrogens with one attached hydrogen (secondary N) is 6. The number of carboxylic acid groups (broad SMARTS) is 1. The molecule has 0 aliphatic carbocycles. The molecule has 1 spiro atoms. The van der Waals surface area contributed by atoms with E-state index in [1.54, 1.807) is 48.5 Å². The third-order valence-electron chi connectivity index (χ3n) is 11.8. The first-order valence-electron chi connectivity index (χ1n) is 22.3. The van der Waals surface area contributed by atoms with E-state index in [0.29, 0.717) is 22.3 Å². The molecule has 4 aromatic carbocycles. The van der Waals surface area contributed by atoms with Gasteiger partial charge < -0.3 is 68.2 Å². The number of nitrogens with two attached hydrogens (primary N) is 2. The van der Waals surface area contributed by atoms with Crippen LogP contribution in [0.3, 0.4) is 0 Å². The number of esters is 1. The summed E-state index contributed by atoms with van der Waals surface area (Å²) < 4.78 is 12.1. The predicted octanol–water partition coefficient (Wildman–Crippen LogP) is 0.406. The highest BCUT2D eigenvalue weighted by Gasteiger charge is 2.54. The molecule has 6 amide bonds. The third-order valence-corrected chi connectivity index (χ3v) is 11.8. The molecule has 22 nitrogen and oxygen atoms in total. The molecule has 1 fully saturated rings. The molecule has 3 heterocycles. The van der Waals surface area contributed by atoms with Crippen LogP contribution in [0.4, 0.5) is 0 Å². The number of ether oxygens (including phenoxy) is 2. The number of phenolic OH excluding ortho intramolecular Hbond substituents is 2. The minimum absolute atomic E-state index is 0.00745. The predicted molar refractivity (Wildman–Crippen MR) is 247 cm³/mol. The van der Waals surface area contributed by atoms with Gasteiger partial charge in [-0.2, -0.15) is 0 Å². The van der Waals surface area contributed by atoms with E-state index in [-0.39, 0.29) is 91.7 Å². The summed E-state index contributed by atoms with van der Waals surface area (Å²) in [5.74, 6) is -7.01. The molecule has 0 radical (unpaired) electrons. The van der Waals surface area contributed by atoms with Gasteiger partial charge in [0.2, 0.25) is 29.5 Å². The Morgan fingerprint density at radius 1 is 0.700 bits per heavy atom. The lowest BCUT2D eigenvalue weighted by Gasteiger charge is -2.36. The molecule has 3 aliphatic heterocycles. The van der Waals surface area contributed by atoms with Crippen LogP contribution < -0.4 is 48.1 Å². The van der Waals surface area contributed by atoms with Crippen molar-refractivity contribution in [2.45, 2.75) is 74.7 Å². The molecule has 4 aromatic rings. The van der Waals surface area contributed by atoms with Crippen LogP contribution in [-0.4, -0.2) is 112 Å². The number of aliphatic carboxylic acids is 1. The van der Waals surface area contributed by atoms with Crippen LogP contribution in [0.2, 0.25) is 0 Å². The average molecular weight is 962 g/mol. The van der Waals surface area contributed by atoms with E-state index in [1.165, 1.54) is 36.4 Å². The number of rotatable bonds is 14. The number of carboxylic acids is 1.